The average molecular weight is 327 g/mol. The lowest BCUT2D eigenvalue weighted by atomic mass is 9.75. The molecule has 0 aromatic carbocycles. The number of nitrogens with one attached hydrogen (secondary N) is 1. The van der Waals surface area contributed by atoms with E-state index in [-0.39, 0.29) is 24.0 Å². The molecule has 6 heteroatoms. The van der Waals surface area contributed by atoms with E-state index in [2.05, 4.69) is 15.3 Å². The molecule has 0 aliphatic heterocycles. The number of aromatic nitrogens is 2. The van der Waals surface area contributed by atoms with Crippen LogP contribution in [-0.2, 0) is 6.42 Å². The van der Waals surface area contributed by atoms with Crippen LogP contribution in [0.25, 0.3) is 0 Å². The number of hydrogen-bond donors (Lipinski definition) is 2. The van der Waals surface area contributed by atoms with Crippen molar-refractivity contribution in [3.8, 4) is 5.88 Å². The molecule has 3 rings (SSSR count). The fourth-order valence-corrected chi connectivity index (χ4v) is 2.98. The Morgan fingerprint density at radius 2 is 2.08 bits per heavy atom. The molecule has 2 N–H and O–H groups in total. The van der Waals surface area contributed by atoms with Crippen molar-refractivity contribution in [3.63, 3.8) is 0 Å². The van der Waals surface area contributed by atoms with E-state index < -0.39 is 0 Å². The highest BCUT2D eigenvalue weighted by Crippen LogP contribution is 2.32. The van der Waals surface area contributed by atoms with Crippen molar-refractivity contribution in [2.45, 2.75) is 31.4 Å². The van der Waals surface area contributed by atoms with Crippen molar-refractivity contribution in [2.24, 2.45) is 5.92 Å². The molecule has 1 saturated carbocycles. The van der Waals surface area contributed by atoms with Gasteiger partial charge in [-0.05, 0) is 48.9 Å². The Hall–Kier alpha value is -2.47. The number of amides is 1. The molecule has 2 heterocycles. The Labute approximate surface area is 140 Å². The van der Waals surface area contributed by atoms with Crippen molar-refractivity contribution in [1.29, 1.82) is 0 Å². The van der Waals surface area contributed by atoms with Crippen molar-refractivity contribution in [1.82, 2.24) is 15.3 Å². The van der Waals surface area contributed by atoms with Gasteiger partial charge in [-0.3, -0.25) is 9.78 Å². The number of carbonyl (C=O) groups is 1. The third kappa shape index (κ3) is 3.89. The molecular weight excluding hydrogens is 306 g/mol. The molecule has 0 unspecified atom stereocenters. The first-order valence-electron chi connectivity index (χ1n) is 8.03. The Balaban J connectivity index is 1.72. The monoisotopic (exact) mass is 327 g/mol. The van der Waals surface area contributed by atoms with Gasteiger partial charge < -0.3 is 15.2 Å². The molecule has 1 amide bonds. The van der Waals surface area contributed by atoms with Crippen LogP contribution < -0.4 is 10.1 Å². The Morgan fingerprint density at radius 1 is 1.33 bits per heavy atom. The normalized spacial score (nSPS) is 20.8. The Kier molecular flexibility index (Phi) is 5.05. The molecule has 2 aromatic heterocycles. The second-order valence-electron chi connectivity index (χ2n) is 6.11. The number of rotatable bonds is 6. The summed E-state index contributed by atoms with van der Waals surface area (Å²) in [4.78, 5) is 20.6. The molecule has 1 fully saturated rings. The maximum absolute atomic E-state index is 12.6. The van der Waals surface area contributed by atoms with E-state index in [1.165, 1.54) is 7.11 Å². The Morgan fingerprint density at radius 3 is 2.75 bits per heavy atom. The van der Waals surface area contributed by atoms with Gasteiger partial charge in [-0.1, -0.05) is 0 Å². The van der Waals surface area contributed by atoms with Crippen molar-refractivity contribution >= 4 is 5.91 Å². The van der Waals surface area contributed by atoms with Gasteiger partial charge in [0.25, 0.3) is 5.91 Å². The molecule has 24 heavy (non-hydrogen) atoms. The van der Waals surface area contributed by atoms with Crippen LogP contribution in [0.3, 0.4) is 0 Å². The summed E-state index contributed by atoms with van der Waals surface area (Å²) >= 11 is 0. The Bertz CT molecular complexity index is 687. The third-order valence-corrected chi connectivity index (χ3v) is 4.45. The van der Waals surface area contributed by atoms with Gasteiger partial charge in [0.2, 0.25) is 5.88 Å². The van der Waals surface area contributed by atoms with Crippen LogP contribution in [0.5, 0.6) is 5.88 Å². The fourth-order valence-electron chi connectivity index (χ4n) is 2.98. The van der Waals surface area contributed by atoms with Crippen molar-refractivity contribution in [3.05, 3.63) is 54.0 Å². The molecule has 0 bridgehead atoms. The maximum Gasteiger partial charge on any atom is 0.251 e. The van der Waals surface area contributed by atoms with Crippen molar-refractivity contribution < 1.29 is 14.6 Å². The van der Waals surface area contributed by atoms with E-state index in [1.54, 1.807) is 30.7 Å². The van der Waals surface area contributed by atoms with Gasteiger partial charge in [-0.2, -0.15) is 0 Å². The lowest BCUT2D eigenvalue weighted by Gasteiger charge is -2.38. The zero-order valence-electron chi connectivity index (χ0n) is 13.6. The smallest absolute Gasteiger partial charge is 0.251 e. The summed E-state index contributed by atoms with van der Waals surface area (Å²) in [6, 6.07) is 7.15. The number of hydrogen-bond acceptors (Lipinski definition) is 5. The van der Waals surface area contributed by atoms with Crippen LogP contribution in [-0.4, -0.2) is 40.2 Å². The second kappa shape index (κ2) is 7.40. The largest absolute Gasteiger partial charge is 0.481 e. The predicted octanol–water partition coefficient (Wildman–Crippen LogP) is 1.60. The zero-order chi connectivity index (χ0) is 16.9. The van der Waals surface area contributed by atoms with E-state index in [9.17, 15) is 9.90 Å². The van der Waals surface area contributed by atoms with Gasteiger partial charge in [0, 0.05) is 36.3 Å². The zero-order valence-corrected chi connectivity index (χ0v) is 13.6. The van der Waals surface area contributed by atoms with Gasteiger partial charge in [0.1, 0.15) is 0 Å². The van der Waals surface area contributed by atoms with Crippen LogP contribution in [0.2, 0.25) is 0 Å². The lowest BCUT2D eigenvalue weighted by molar-refractivity contribution is 0.0239. The summed E-state index contributed by atoms with van der Waals surface area (Å²) in [6.07, 6.45) is 6.94. The molecule has 1 aliphatic rings. The van der Waals surface area contributed by atoms with Crippen LogP contribution in [0.4, 0.5) is 0 Å². The molecule has 126 valence electrons. The molecule has 1 aliphatic carbocycles. The lowest BCUT2D eigenvalue weighted by Crippen LogP contribution is -2.48. The molecule has 0 saturated heterocycles. The molecule has 2 aromatic rings. The van der Waals surface area contributed by atoms with Crippen LogP contribution in [0.1, 0.15) is 28.8 Å². The summed E-state index contributed by atoms with van der Waals surface area (Å²) in [5, 5.41) is 12.7. The van der Waals surface area contributed by atoms with Gasteiger partial charge >= 0.3 is 0 Å². The highest BCUT2D eigenvalue weighted by molar-refractivity contribution is 5.94. The van der Waals surface area contributed by atoms with E-state index >= 15 is 0 Å². The first-order valence-corrected chi connectivity index (χ1v) is 8.03. The molecule has 0 spiro atoms. The van der Waals surface area contributed by atoms with Crippen LogP contribution >= 0.6 is 0 Å². The number of ether oxygens (including phenoxy) is 1. The number of nitrogens with zero attached hydrogens (tertiary/aromatic N) is 2. The summed E-state index contributed by atoms with van der Waals surface area (Å²) < 4.78 is 5.07. The van der Waals surface area contributed by atoms with E-state index in [0.29, 0.717) is 17.9 Å². The van der Waals surface area contributed by atoms with E-state index in [1.807, 2.05) is 12.1 Å². The molecular formula is C18H21N3O3. The minimum Gasteiger partial charge on any atom is -0.481 e. The topological polar surface area (TPSA) is 84.3 Å². The first-order chi connectivity index (χ1) is 11.7. The molecule has 6 nitrogen and oxygen atoms in total. The first kappa shape index (κ1) is 16.4. The number of aliphatic hydroxyl groups is 1. The van der Waals surface area contributed by atoms with Gasteiger partial charge in [0.05, 0.1) is 13.2 Å². The minimum absolute atomic E-state index is 0.0255. The van der Waals surface area contributed by atoms with E-state index in [4.69, 9.17) is 4.74 Å². The molecule has 0 radical (unpaired) electrons. The summed E-state index contributed by atoms with van der Waals surface area (Å²) in [7, 11) is 1.52. The van der Waals surface area contributed by atoms with Gasteiger partial charge in [0.15, 0.2) is 0 Å². The highest BCUT2D eigenvalue weighted by atomic mass is 16.5. The predicted molar refractivity (Wildman–Crippen MR) is 88.7 cm³/mol. The average Bonchev–Trinajstić information content (AvgIpc) is 2.59. The number of pyridine rings is 2. The standard InChI is InChI=1S/C18H21N3O3/c1-24-17-11-13(4-7-20-17)18(23)21-16(14-9-15(22)10-14)8-12-2-5-19-6-3-12/h2-7,11,14-16,22H,8-10H2,1H3,(H,21,23)/t14?,15?,16-/m1/s1. The number of carbonyl (C=O) groups excluding carboxylic acids is 1. The summed E-state index contributed by atoms with van der Waals surface area (Å²) in [5.41, 5.74) is 1.63. The maximum atomic E-state index is 12.6. The quantitative estimate of drug-likeness (QED) is 0.842. The minimum atomic E-state index is -0.257. The summed E-state index contributed by atoms with van der Waals surface area (Å²) in [6.45, 7) is 0. The summed E-state index contributed by atoms with van der Waals surface area (Å²) in [5.74, 6) is 0.532. The fraction of sp³-hybridized carbons (Fsp3) is 0.389. The van der Waals surface area contributed by atoms with Gasteiger partial charge in [-0.25, -0.2) is 4.98 Å². The number of aliphatic hydroxyl groups excluding tert-OH is 1. The molecule has 1 atom stereocenters. The second-order valence-corrected chi connectivity index (χ2v) is 6.11. The highest BCUT2D eigenvalue weighted by Gasteiger charge is 2.34. The van der Waals surface area contributed by atoms with Crippen LogP contribution in [0.15, 0.2) is 42.9 Å². The third-order valence-electron chi connectivity index (χ3n) is 4.45. The van der Waals surface area contributed by atoms with Crippen molar-refractivity contribution in [2.75, 3.05) is 7.11 Å². The SMILES string of the molecule is COc1cc(C(=O)N[C@H](Cc2ccncc2)C2CC(O)C2)ccn1. The number of methoxy groups -OCH3 is 1. The van der Waals surface area contributed by atoms with Crippen LogP contribution in [0, 0.1) is 5.92 Å². The van der Waals surface area contributed by atoms with Gasteiger partial charge in [-0.15, -0.1) is 0 Å². The van der Waals surface area contributed by atoms with E-state index in [0.717, 1.165) is 18.4 Å².